The Morgan fingerprint density at radius 2 is 1.21 bits per heavy atom. The molecule has 194 valence electrons. The third-order valence-electron chi connectivity index (χ3n) is 8.15. The molecular formula is C38H22N4. The van der Waals surface area contributed by atoms with Crippen LogP contribution >= 0.6 is 0 Å². The molecule has 0 unspecified atom stereocenters. The molecule has 4 heteroatoms. The summed E-state index contributed by atoms with van der Waals surface area (Å²) in [4.78, 5) is 3.67. The van der Waals surface area contributed by atoms with E-state index in [0.717, 1.165) is 55.3 Å². The molecule has 4 nitrogen and oxygen atoms in total. The van der Waals surface area contributed by atoms with E-state index in [2.05, 4.69) is 117 Å². The molecule has 2 heterocycles. The molecular weight excluding hydrogens is 512 g/mol. The van der Waals surface area contributed by atoms with Crippen molar-refractivity contribution in [3.63, 3.8) is 0 Å². The molecule has 0 aliphatic carbocycles. The van der Waals surface area contributed by atoms with E-state index in [9.17, 15) is 5.26 Å². The van der Waals surface area contributed by atoms with Gasteiger partial charge in [-0.05, 0) is 83.2 Å². The van der Waals surface area contributed by atoms with Crippen molar-refractivity contribution in [3.8, 4) is 28.6 Å². The molecule has 6 aromatic carbocycles. The SMILES string of the molecule is [C-]#[N+]c1ccc2c(c1)c1ccccc1n2-c1cccc(-c2cccc3c2c2ccccc2n3-c2ccc(C#N)cc2)c1. The number of hydrogen-bond donors (Lipinski definition) is 0. The molecule has 0 bridgehead atoms. The van der Waals surface area contributed by atoms with Gasteiger partial charge in [0.1, 0.15) is 0 Å². The van der Waals surface area contributed by atoms with Crippen molar-refractivity contribution >= 4 is 49.3 Å². The topological polar surface area (TPSA) is 38.0 Å². The van der Waals surface area contributed by atoms with Crippen LogP contribution in [-0.4, -0.2) is 9.13 Å². The van der Waals surface area contributed by atoms with Crippen molar-refractivity contribution in [3.05, 3.63) is 150 Å². The van der Waals surface area contributed by atoms with E-state index < -0.39 is 0 Å². The van der Waals surface area contributed by atoms with Crippen LogP contribution in [-0.2, 0) is 0 Å². The summed E-state index contributed by atoms with van der Waals surface area (Å²) in [7, 11) is 0. The van der Waals surface area contributed by atoms with Crippen LogP contribution in [0.1, 0.15) is 5.56 Å². The van der Waals surface area contributed by atoms with Crippen molar-refractivity contribution in [1.29, 1.82) is 5.26 Å². The van der Waals surface area contributed by atoms with E-state index in [1.165, 1.54) is 10.8 Å². The molecule has 0 N–H and O–H groups in total. The van der Waals surface area contributed by atoms with Crippen LogP contribution in [0.3, 0.4) is 0 Å². The number of para-hydroxylation sites is 2. The zero-order valence-electron chi connectivity index (χ0n) is 22.5. The van der Waals surface area contributed by atoms with Crippen LogP contribution in [0.25, 0.3) is 71.0 Å². The number of hydrogen-bond acceptors (Lipinski definition) is 1. The molecule has 2 aromatic heterocycles. The third kappa shape index (κ3) is 3.47. The highest BCUT2D eigenvalue weighted by molar-refractivity contribution is 6.16. The first kappa shape index (κ1) is 23.8. The zero-order valence-corrected chi connectivity index (χ0v) is 22.5. The van der Waals surface area contributed by atoms with Gasteiger partial charge in [-0.1, -0.05) is 66.7 Å². The second-order valence-electron chi connectivity index (χ2n) is 10.4. The van der Waals surface area contributed by atoms with E-state index in [-0.39, 0.29) is 0 Å². The van der Waals surface area contributed by atoms with Crippen LogP contribution in [0.4, 0.5) is 5.69 Å². The van der Waals surface area contributed by atoms with E-state index in [1.54, 1.807) is 0 Å². The summed E-state index contributed by atoms with van der Waals surface area (Å²) in [6.45, 7) is 7.52. The van der Waals surface area contributed by atoms with Crippen LogP contribution < -0.4 is 0 Å². The monoisotopic (exact) mass is 534 g/mol. The number of fused-ring (bicyclic) bond motifs is 6. The van der Waals surface area contributed by atoms with Crippen molar-refractivity contribution in [2.75, 3.05) is 0 Å². The molecule has 0 saturated carbocycles. The number of rotatable bonds is 3. The van der Waals surface area contributed by atoms with Crippen LogP contribution in [0.15, 0.2) is 133 Å². The van der Waals surface area contributed by atoms with Gasteiger partial charge in [0.25, 0.3) is 0 Å². The standard InChI is InChI=1S/C38H22N4/c1-40-27-18-21-36-33(23-27)31-10-2-4-13-34(31)42(36)29-9-6-8-26(22-29)30-12-7-15-37-38(30)32-11-3-5-14-35(32)41(37)28-19-16-25(24-39)17-20-28/h2-23H. The predicted octanol–water partition coefficient (Wildman–Crippen LogP) is 9.97. The molecule has 0 aliphatic heterocycles. The Morgan fingerprint density at radius 3 is 2.00 bits per heavy atom. The molecule has 0 amide bonds. The second-order valence-corrected chi connectivity index (χ2v) is 10.4. The van der Waals surface area contributed by atoms with Gasteiger partial charge in [0, 0.05) is 27.5 Å². The fourth-order valence-electron chi connectivity index (χ4n) is 6.34. The molecule has 8 aromatic rings. The smallest absolute Gasteiger partial charge is 0.188 e. The van der Waals surface area contributed by atoms with Crippen molar-refractivity contribution in [2.24, 2.45) is 0 Å². The predicted molar refractivity (Wildman–Crippen MR) is 172 cm³/mol. The van der Waals surface area contributed by atoms with Gasteiger partial charge in [-0.3, -0.25) is 0 Å². The first-order valence-corrected chi connectivity index (χ1v) is 13.8. The second kappa shape index (κ2) is 9.24. The van der Waals surface area contributed by atoms with Crippen LogP contribution in [0.2, 0.25) is 0 Å². The fraction of sp³-hybridized carbons (Fsp3) is 0. The van der Waals surface area contributed by atoms with Crippen LogP contribution in [0, 0.1) is 17.9 Å². The number of aromatic nitrogens is 2. The Kier molecular flexibility index (Phi) is 5.22. The van der Waals surface area contributed by atoms with Gasteiger partial charge in [0.15, 0.2) is 5.69 Å². The molecule has 0 saturated heterocycles. The Bertz CT molecular complexity index is 2430. The molecule has 0 fully saturated rings. The normalized spacial score (nSPS) is 11.3. The highest BCUT2D eigenvalue weighted by Crippen LogP contribution is 2.40. The van der Waals surface area contributed by atoms with Crippen molar-refractivity contribution in [1.82, 2.24) is 9.13 Å². The Labute approximate surface area is 242 Å². The summed E-state index contributed by atoms with van der Waals surface area (Å²) in [5.74, 6) is 0. The summed E-state index contributed by atoms with van der Waals surface area (Å²) in [5.41, 5.74) is 10.1. The lowest BCUT2D eigenvalue weighted by Gasteiger charge is -2.12. The number of nitrogens with zero attached hydrogens (tertiary/aromatic N) is 4. The van der Waals surface area contributed by atoms with E-state index in [4.69, 9.17) is 6.57 Å². The molecule has 0 radical (unpaired) electrons. The van der Waals surface area contributed by atoms with Crippen molar-refractivity contribution < 1.29 is 0 Å². The average Bonchev–Trinajstić information content (AvgIpc) is 3.57. The quantitative estimate of drug-likeness (QED) is 0.208. The largest absolute Gasteiger partial charge is 0.309 e. The van der Waals surface area contributed by atoms with Gasteiger partial charge in [0.05, 0.1) is 40.3 Å². The maximum absolute atomic E-state index is 9.33. The lowest BCUT2D eigenvalue weighted by molar-refractivity contribution is 1.18. The first-order valence-electron chi connectivity index (χ1n) is 13.8. The van der Waals surface area contributed by atoms with E-state index >= 15 is 0 Å². The summed E-state index contributed by atoms with van der Waals surface area (Å²) in [6.07, 6.45) is 0. The third-order valence-corrected chi connectivity index (χ3v) is 8.15. The summed E-state index contributed by atoms with van der Waals surface area (Å²) in [6, 6.07) is 48.0. The van der Waals surface area contributed by atoms with Gasteiger partial charge in [-0.25, -0.2) is 4.85 Å². The van der Waals surface area contributed by atoms with Gasteiger partial charge in [-0.2, -0.15) is 5.26 Å². The molecule has 0 atom stereocenters. The average molecular weight is 535 g/mol. The fourth-order valence-corrected chi connectivity index (χ4v) is 6.34. The molecule has 8 rings (SSSR count). The minimum atomic E-state index is 0.643. The minimum Gasteiger partial charge on any atom is -0.309 e. The Balaban J connectivity index is 1.38. The lowest BCUT2D eigenvalue weighted by Crippen LogP contribution is -1.95. The highest BCUT2D eigenvalue weighted by Gasteiger charge is 2.17. The Morgan fingerprint density at radius 1 is 0.548 bits per heavy atom. The van der Waals surface area contributed by atoms with Gasteiger partial charge >= 0.3 is 0 Å². The van der Waals surface area contributed by atoms with Gasteiger partial charge in [0.2, 0.25) is 0 Å². The number of nitriles is 1. The van der Waals surface area contributed by atoms with Crippen LogP contribution in [0.5, 0.6) is 0 Å². The molecule has 0 spiro atoms. The first-order chi connectivity index (χ1) is 20.7. The zero-order chi connectivity index (χ0) is 28.2. The van der Waals surface area contributed by atoms with Crippen molar-refractivity contribution in [2.45, 2.75) is 0 Å². The molecule has 42 heavy (non-hydrogen) atoms. The maximum Gasteiger partial charge on any atom is 0.188 e. The lowest BCUT2D eigenvalue weighted by atomic mass is 9.99. The number of benzene rings is 6. The maximum atomic E-state index is 9.33. The van der Waals surface area contributed by atoms with E-state index in [1.807, 2.05) is 36.4 Å². The summed E-state index contributed by atoms with van der Waals surface area (Å²) in [5, 5.41) is 13.9. The Hall–Kier alpha value is -6.10. The minimum absolute atomic E-state index is 0.643. The van der Waals surface area contributed by atoms with Gasteiger partial charge in [-0.15, -0.1) is 0 Å². The van der Waals surface area contributed by atoms with E-state index in [0.29, 0.717) is 11.3 Å². The molecule has 0 aliphatic rings. The van der Waals surface area contributed by atoms with Gasteiger partial charge < -0.3 is 9.13 Å². The summed E-state index contributed by atoms with van der Waals surface area (Å²) >= 11 is 0. The highest BCUT2D eigenvalue weighted by atomic mass is 15.0. The summed E-state index contributed by atoms with van der Waals surface area (Å²) < 4.78 is 4.57.